The van der Waals surface area contributed by atoms with Gasteiger partial charge < -0.3 is 11.5 Å². The van der Waals surface area contributed by atoms with Gasteiger partial charge in [0.05, 0.1) is 5.41 Å². The van der Waals surface area contributed by atoms with Gasteiger partial charge in [-0.05, 0) is 19.8 Å². The summed E-state index contributed by atoms with van der Waals surface area (Å²) in [5, 5.41) is 0. The fraction of sp³-hybridized carbons (Fsp3) is 0.455. The highest BCUT2D eigenvalue weighted by Crippen LogP contribution is 2.36. The van der Waals surface area contributed by atoms with Crippen LogP contribution in [0.2, 0.25) is 0 Å². The first kappa shape index (κ1) is 11.5. The first-order chi connectivity index (χ1) is 6.91. The average molecular weight is 208 g/mol. The molecule has 0 radical (unpaired) electrons. The van der Waals surface area contributed by atoms with Gasteiger partial charge in [0.25, 0.3) is 0 Å². The molecule has 4 N–H and O–H groups in total. The second kappa shape index (κ2) is 3.88. The van der Waals surface area contributed by atoms with Gasteiger partial charge in [-0.2, -0.15) is 0 Å². The molecule has 0 aromatic heterocycles. The molecule has 15 heavy (non-hydrogen) atoms. The number of nitrogens with two attached hydrogens (primary N) is 2. The number of primary amides is 2. The molecular formula is C11H16N2O2. The Morgan fingerprint density at radius 2 is 2.07 bits per heavy atom. The minimum Gasteiger partial charge on any atom is -0.369 e. The Morgan fingerprint density at radius 1 is 1.47 bits per heavy atom. The van der Waals surface area contributed by atoms with Gasteiger partial charge in [-0.15, -0.1) is 0 Å². The second-order valence-electron chi connectivity index (χ2n) is 3.97. The number of hydrogen-bond donors (Lipinski definition) is 2. The van der Waals surface area contributed by atoms with Crippen LogP contribution in [0.25, 0.3) is 0 Å². The SMILES string of the molecule is CCC1(C(N)=O)C=C(C)C=C(C(N)=O)C1. The molecule has 0 bridgehead atoms. The molecule has 0 saturated carbocycles. The van der Waals surface area contributed by atoms with Crippen LogP contribution in [-0.4, -0.2) is 11.8 Å². The van der Waals surface area contributed by atoms with E-state index in [2.05, 4.69) is 0 Å². The zero-order valence-electron chi connectivity index (χ0n) is 9.04. The van der Waals surface area contributed by atoms with Crippen LogP contribution in [0.5, 0.6) is 0 Å². The summed E-state index contributed by atoms with van der Waals surface area (Å²) in [5.41, 5.74) is 11.2. The van der Waals surface area contributed by atoms with Crippen LogP contribution in [-0.2, 0) is 9.59 Å². The number of carbonyl (C=O) groups excluding carboxylic acids is 2. The first-order valence-corrected chi connectivity index (χ1v) is 4.91. The van der Waals surface area contributed by atoms with Gasteiger partial charge in [0.1, 0.15) is 0 Å². The Morgan fingerprint density at radius 3 is 2.47 bits per heavy atom. The standard InChI is InChI=1S/C11H16N2O2/c1-3-11(10(13)15)5-7(2)4-8(6-11)9(12)14/h4-5H,3,6H2,1-2H3,(H2,12,14)(H2,13,15). The lowest BCUT2D eigenvalue weighted by molar-refractivity contribution is -0.125. The van der Waals surface area contributed by atoms with Crippen molar-refractivity contribution in [1.29, 1.82) is 0 Å². The quantitative estimate of drug-likeness (QED) is 0.712. The number of hydrogen-bond acceptors (Lipinski definition) is 2. The fourth-order valence-electron chi connectivity index (χ4n) is 1.91. The average Bonchev–Trinajstić information content (AvgIpc) is 2.16. The minimum absolute atomic E-state index is 0.311. The number of allylic oxidation sites excluding steroid dienone is 2. The van der Waals surface area contributed by atoms with Gasteiger partial charge in [0.2, 0.25) is 11.8 Å². The first-order valence-electron chi connectivity index (χ1n) is 4.91. The predicted octanol–water partition coefficient (Wildman–Crippen LogP) is 0.630. The van der Waals surface area contributed by atoms with E-state index in [0.29, 0.717) is 18.4 Å². The second-order valence-corrected chi connectivity index (χ2v) is 3.97. The van der Waals surface area contributed by atoms with Crippen molar-refractivity contribution in [2.24, 2.45) is 16.9 Å². The zero-order valence-corrected chi connectivity index (χ0v) is 9.04. The van der Waals surface area contributed by atoms with Crippen LogP contribution in [0.1, 0.15) is 26.7 Å². The molecule has 82 valence electrons. The maximum Gasteiger partial charge on any atom is 0.244 e. The van der Waals surface area contributed by atoms with Gasteiger partial charge >= 0.3 is 0 Å². The Kier molecular flexibility index (Phi) is 2.98. The van der Waals surface area contributed by atoms with Gasteiger partial charge in [0.15, 0.2) is 0 Å². The molecule has 1 rings (SSSR count). The van der Waals surface area contributed by atoms with Crippen molar-refractivity contribution < 1.29 is 9.59 Å². The molecule has 0 saturated heterocycles. The Hall–Kier alpha value is -1.58. The van der Waals surface area contributed by atoms with Gasteiger partial charge in [-0.25, -0.2) is 0 Å². The van der Waals surface area contributed by atoms with E-state index >= 15 is 0 Å². The Bertz CT molecular complexity index is 369. The van der Waals surface area contributed by atoms with E-state index < -0.39 is 17.2 Å². The van der Waals surface area contributed by atoms with E-state index in [1.807, 2.05) is 19.9 Å². The van der Waals surface area contributed by atoms with Crippen molar-refractivity contribution in [3.63, 3.8) is 0 Å². The van der Waals surface area contributed by atoms with Crippen molar-refractivity contribution in [3.8, 4) is 0 Å². The highest BCUT2D eigenvalue weighted by atomic mass is 16.1. The van der Waals surface area contributed by atoms with Crippen molar-refractivity contribution in [2.75, 3.05) is 0 Å². The van der Waals surface area contributed by atoms with E-state index in [4.69, 9.17) is 11.5 Å². The van der Waals surface area contributed by atoms with Crippen LogP contribution in [0.15, 0.2) is 23.3 Å². The summed E-state index contributed by atoms with van der Waals surface area (Å²) in [7, 11) is 0. The molecule has 0 heterocycles. The molecule has 4 nitrogen and oxygen atoms in total. The van der Waals surface area contributed by atoms with Crippen molar-refractivity contribution >= 4 is 11.8 Å². The van der Waals surface area contributed by atoms with E-state index in [1.165, 1.54) is 0 Å². The van der Waals surface area contributed by atoms with Crippen LogP contribution in [0.3, 0.4) is 0 Å². The van der Waals surface area contributed by atoms with E-state index in [-0.39, 0.29) is 0 Å². The summed E-state index contributed by atoms with van der Waals surface area (Å²) in [5.74, 6) is -0.891. The molecule has 0 aliphatic heterocycles. The highest BCUT2D eigenvalue weighted by molar-refractivity contribution is 5.95. The van der Waals surface area contributed by atoms with Crippen LogP contribution < -0.4 is 11.5 Å². The number of amides is 2. The summed E-state index contributed by atoms with van der Waals surface area (Å²) >= 11 is 0. The molecule has 4 heteroatoms. The van der Waals surface area contributed by atoms with Gasteiger partial charge in [-0.3, -0.25) is 9.59 Å². The Labute approximate surface area is 89.0 Å². The maximum absolute atomic E-state index is 11.4. The van der Waals surface area contributed by atoms with E-state index in [9.17, 15) is 9.59 Å². The van der Waals surface area contributed by atoms with Crippen molar-refractivity contribution in [2.45, 2.75) is 26.7 Å². The minimum atomic E-state index is -0.747. The monoisotopic (exact) mass is 208 g/mol. The largest absolute Gasteiger partial charge is 0.369 e. The summed E-state index contributed by atoms with van der Waals surface area (Å²) in [6.45, 7) is 3.70. The maximum atomic E-state index is 11.4. The summed E-state index contributed by atoms with van der Waals surface area (Å²) < 4.78 is 0. The molecular weight excluding hydrogens is 192 g/mol. The molecule has 0 aromatic carbocycles. The van der Waals surface area contributed by atoms with E-state index in [1.54, 1.807) is 6.08 Å². The number of carbonyl (C=O) groups is 2. The number of rotatable bonds is 3. The van der Waals surface area contributed by atoms with Crippen LogP contribution >= 0.6 is 0 Å². The van der Waals surface area contributed by atoms with E-state index in [0.717, 1.165) is 5.57 Å². The summed E-state index contributed by atoms with van der Waals surface area (Å²) in [6, 6.07) is 0. The lowest BCUT2D eigenvalue weighted by Gasteiger charge is -2.30. The van der Waals surface area contributed by atoms with Crippen molar-refractivity contribution in [3.05, 3.63) is 23.3 Å². The van der Waals surface area contributed by atoms with Crippen molar-refractivity contribution in [1.82, 2.24) is 0 Å². The third kappa shape index (κ3) is 2.09. The van der Waals surface area contributed by atoms with Crippen LogP contribution in [0.4, 0.5) is 0 Å². The Balaban J connectivity index is 3.14. The summed E-state index contributed by atoms with van der Waals surface area (Å²) in [6.07, 6.45) is 4.41. The lowest BCUT2D eigenvalue weighted by atomic mass is 9.74. The molecule has 1 aliphatic rings. The normalized spacial score (nSPS) is 25.5. The zero-order chi connectivity index (χ0) is 11.6. The van der Waals surface area contributed by atoms with Gasteiger partial charge in [0, 0.05) is 5.57 Å². The fourth-order valence-corrected chi connectivity index (χ4v) is 1.91. The topological polar surface area (TPSA) is 86.2 Å². The molecule has 1 atom stereocenters. The third-order valence-electron chi connectivity index (χ3n) is 2.85. The molecule has 2 amide bonds. The lowest BCUT2D eigenvalue weighted by Crippen LogP contribution is -2.38. The van der Waals surface area contributed by atoms with Gasteiger partial charge in [-0.1, -0.05) is 24.6 Å². The highest BCUT2D eigenvalue weighted by Gasteiger charge is 2.36. The molecule has 0 spiro atoms. The smallest absolute Gasteiger partial charge is 0.244 e. The van der Waals surface area contributed by atoms with Crippen LogP contribution in [0, 0.1) is 5.41 Å². The predicted molar refractivity (Wildman–Crippen MR) is 57.6 cm³/mol. The third-order valence-corrected chi connectivity index (χ3v) is 2.85. The summed E-state index contributed by atoms with van der Waals surface area (Å²) in [4.78, 5) is 22.5. The molecule has 1 unspecified atom stereocenters. The molecule has 1 aliphatic carbocycles. The molecule has 0 aromatic rings. The molecule has 0 fully saturated rings.